The molecule has 1 aliphatic heterocycles. The molecular weight excluding hydrogens is 368 g/mol. The minimum Gasteiger partial charge on any atom is -0.478 e. The second-order valence-electron chi connectivity index (χ2n) is 4.77. The molecular formula is C15H8N2O6S2. The van der Waals surface area contributed by atoms with Crippen molar-refractivity contribution >= 4 is 57.8 Å². The summed E-state index contributed by atoms with van der Waals surface area (Å²) in [7, 11) is 0. The van der Waals surface area contributed by atoms with Crippen molar-refractivity contribution in [3.8, 4) is 0 Å². The van der Waals surface area contributed by atoms with Crippen LogP contribution in [0.15, 0.2) is 45.7 Å². The molecule has 1 aliphatic rings. The average Bonchev–Trinajstić information content (AvgIpc) is 3.13. The summed E-state index contributed by atoms with van der Waals surface area (Å²) in [5, 5.41) is 19.9. The Bertz CT molecular complexity index is 949. The normalized spacial score (nSPS) is 15.8. The number of para-hydroxylation sites is 1. The highest BCUT2D eigenvalue weighted by molar-refractivity contribution is 8.27. The fourth-order valence-corrected chi connectivity index (χ4v) is 3.44. The van der Waals surface area contributed by atoms with Crippen molar-refractivity contribution in [1.82, 2.24) is 0 Å². The molecule has 1 amide bonds. The van der Waals surface area contributed by atoms with E-state index in [1.54, 1.807) is 12.1 Å². The van der Waals surface area contributed by atoms with Gasteiger partial charge >= 0.3 is 11.9 Å². The van der Waals surface area contributed by atoms with Crippen LogP contribution in [0.25, 0.3) is 6.08 Å². The molecule has 126 valence electrons. The topological polar surface area (TPSA) is 114 Å². The summed E-state index contributed by atoms with van der Waals surface area (Å²) in [4.78, 5) is 35.2. The first-order valence-electron chi connectivity index (χ1n) is 6.73. The van der Waals surface area contributed by atoms with Crippen molar-refractivity contribution in [1.29, 1.82) is 0 Å². The van der Waals surface area contributed by atoms with Gasteiger partial charge in [0, 0.05) is 6.08 Å². The van der Waals surface area contributed by atoms with Gasteiger partial charge in [-0.1, -0.05) is 36.1 Å². The highest BCUT2D eigenvalue weighted by Gasteiger charge is 2.35. The summed E-state index contributed by atoms with van der Waals surface area (Å²) in [6, 6.07) is 8.52. The molecule has 10 heteroatoms. The summed E-state index contributed by atoms with van der Waals surface area (Å²) in [6.07, 6.45) is 1.33. The Hall–Kier alpha value is -2.98. The standard InChI is InChI=1S/C15H8N2O6S2/c18-13-11(7-8-5-6-12(23-8)17(21)22)25-15(24)16(13)10-4-2-1-3-9(10)14(19)20/h1-7H,(H,19,20)/b11-7-. The molecule has 8 nitrogen and oxygen atoms in total. The van der Waals surface area contributed by atoms with Gasteiger partial charge in [-0.3, -0.25) is 19.8 Å². The van der Waals surface area contributed by atoms with Gasteiger partial charge in [0.25, 0.3) is 5.91 Å². The molecule has 0 unspecified atom stereocenters. The number of nitro groups is 1. The number of rotatable bonds is 4. The Morgan fingerprint density at radius 2 is 2.04 bits per heavy atom. The van der Waals surface area contributed by atoms with E-state index < -0.39 is 22.7 Å². The molecule has 0 aliphatic carbocycles. The van der Waals surface area contributed by atoms with Crippen molar-refractivity contribution in [3.63, 3.8) is 0 Å². The predicted octanol–water partition coefficient (Wildman–Crippen LogP) is 3.29. The molecule has 0 spiro atoms. The Morgan fingerprint density at radius 3 is 2.68 bits per heavy atom. The van der Waals surface area contributed by atoms with Crippen molar-refractivity contribution in [3.05, 3.63) is 62.7 Å². The fraction of sp³-hybridized carbons (Fsp3) is 0. The number of anilines is 1. The Kier molecular flexibility index (Phi) is 4.38. The van der Waals surface area contributed by atoms with Crippen molar-refractivity contribution in [2.75, 3.05) is 4.90 Å². The van der Waals surface area contributed by atoms with E-state index in [0.29, 0.717) is 0 Å². The number of thiocarbonyl (C=S) groups is 1. The quantitative estimate of drug-likeness (QED) is 0.374. The van der Waals surface area contributed by atoms with E-state index >= 15 is 0 Å². The van der Waals surface area contributed by atoms with Gasteiger partial charge in [0.1, 0.15) is 10.7 Å². The molecule has 1 aromatic heterocycles. The van der Waals surface area contributed by atoms with Crippen molar-refractivity contribution in [2.45, 2.75) is 0 Å². The first-order chi connectivity index (χ1) is 11.9. The second kappa shape index (κ2) is 6.49. The summed E-state index contributed by atoms with van der Waals surface area (Å²) in [5.74, 6) is -2.03. The maximum atomic E-state index is 12.6. The number of carboxylic acid groups (broad SMARTS) is 1. The zero-order chi connectivity index (χ0) is 18.1. The van der Waals surface area contributed by atoms with E-state index in [-0.39, 0.29) is 26.2 Å². The van der Waals surface area contributed by atoms with Gasteiger partial charge in [0.15, 0.2) is 4.32 Å². The molecule has 0 saturated carbocycles. The van der Waals surface area contributed by atoms with Gasteiger partial charge < -0.3 is 9.52 Å². The van der Waals surface area contributed by atoms with E-state index in [9.17, 15) is 24.8 Å². The molecule has 1 N–H and O–H groups in total. The van der Waals surface area contributed by atoms with Gasteiger partial charge in [0.05, 0.1) is 22.2 Å². The zero-order valence-electron chi connectivity index (χ0n) is 12.2. The van der Waals surface area contributed by atoms with Gasteiger partial charge in [0.2, 0.25) is 0 Å². The van der Waals surface area contributed by atoms with Crippen LogP contribution in [0.5, 0.6) is 0 Å². The lowest BCUT2D eigenvalue weighted by Crippen LogP contribution is -2.29. The fourth-order valence-electron chi connectivity index (χ4n) is 2.17. The maximum Gasteiger partial charge on any atom is 0.433 e. The molecule has 2 heterocycles. The smallest absolute Gasteiger partial charge is 0.433 e. The number of furan rings is 1. The van der Waals surface area contributed by atoms with Gasteiger partial charge in [-0.25, -0.2) is 4.79 Å². The van der Waals surface area contributed by atoms with Crippen LogP contribution < -0.4 is 4.90 Å². The van der Waals surface area contributed by atoms with E-state index in [1.807, 2.05) is 0 Å². The van der Waals surface area contributed by atoms with Crippen molar-refractivity contribution in [2.24, 2.45) is 0 Å². The number of amides is 1. The van der Waals surface area contributed by atoms with Gasteiger partial charge in [-0.05, 0) is 18.2 Å². The Balaban J connectivity index is 1.96. The number of hydrogen-bond acceptors (Lipinski definition) is 7. The number of aromatic carboxylic acids is 1. The Morgan fingerprint density at radius 1 is 1.32 bits per heavy atom. The lowest BCUT2D eigenvalue weighted by atomic mass is 10.1. The van der Waals surface area contributed by atoms with Crippen LogP contribution in [0.1, 0.15) is 16.1 Å². The van der Waals surface area contributed by atoms with E-state index in [1.165, 1.54) is 30.3 Å². The first-order valence-corrected chi connectivity index (χ1v) is 7.95. The second-order valence-corrected chi connectivity index (χ2v) is 6.45. The van der Waals surface area contributed by atoms with E-state index in [0.717, 1.165) is 16.7 Å². The number of carbonyl (C=O) groups is 2. The number of nitrogens with zero attached hydrogens (tertiary/aromatic N) is 2. The number of hydrogen-bond donors (Lipinski definition) is 1. The third kappa shape index (κ3) is 3.16. The van der Waals surface area contributed by atoms with Crippen LogP contribution in [0, 0.1) is 10.1 Å². The molecule has 1 saturated heterocycles. The molecule has 1 aromatic carbocycles. The third-order valence-corrected chi connectivity index (χ3v) is 4.54. The summed E-state index contributed by atoms with van der Waals surface area (Å²) < 4.78 is 5.15. The molecule has 0 bridgehead atoms. The largest absolute Gasteiger partial charge is 0.478 e. The highest BCUT2D eigenvalue weighted by Crippen LogP contribution is 2.37. The lowest BCUT2D eigenvalue weighted by Gasteiger charge is -2.16. The van der Waals surface area contributed by atoms with Crippen LogP contribution in [0.2, 0.25) is 0 Å². The van der Waals surface area contributed by atoms with Gasteiger partial charge in [-0.15, -0.1) is 0 Å². The number of carbonyl (C=O) groups excluding carboxylic acids is 1. The maximum absolute atomic E-state index is 12.6. The zero-order valence-corrected chi connectivity index (χ0v) is 13.9. The van der Waals surface area contributed by atoms with Crippen molar-refractivity contribution < 1.29 is 24.0 Å². The molecule has 2 aromatic rings. The Labute approximate surface area is 149 Å². The van der Waals surface area contributed by atoms with E-state index in [4.69, 9.17) is 16.6 Å². The average molecular weight is 376 g/mol. The molecule has 0 radical (unpaired) electrons. The van der Waals surface area contributed by atoms with Crippen LogP contribution in [-0.2, 0) is 4.79 Å². The molecule has 25 heavy (non-hydrogen) atoms. The SMILES string of the molecule is O=C(O)c1ccccc1N1C(=O)/C(=C/c2ccc([N+](=O)[O-])o2)SC1=S. The molecule has 0 atom stereocenters. The van der Waals surface area contributed by atoms with E-state index in [2.05, 4.69) is 0 Å². The molecule has 1 fully saturated rings. The summed E-state index contributed by atoms with van der Waals surface area (Å²) >= 11 is 6.14. The van der Waals surface area contributed by atoms with Gasteiger partial charge in [-0.2, -0.15) is 0 Å². The van der Waals surface area contributed by atoms with Crippen LogP contribution in [0.4, 0.5) is 11.6 Å². The minimum absolute atomic E-state index is 0.0614. The first kappa shape index (κ1) is 16.9. The van der Waals surface area contributed by atoms with Crippen LogP contribution in [0.3, 0.4) is 0 Å². The number of benzene rings is 1. The predicted molar refractivity (Wildman–Crippen MR) is 94.4 cm³/mol. The number of carboxylic acids is 1. The van der Waals surface area contributed by atoms with Crippen LogP contribution >= 0.6 is 24.0 Å². The lowest BCUT2D eigenvalue weighted by molar-refractivity contribution is -0.402. The third-order valence-electron chi connectivity index (χ3n) is 3.23. The number of thioether (sulfide) groups is 1. The highest BCUT2D eigenvalue weighted by atomic mass is 32.2. The summed E-state index contributed by atoms with van der Waals surface area (Å²) in [6.45, 7) is 0. The molecule has 3 rings (SSSR count). The van der Waals surface area contributed by atoms with Crippen LogP contribution in [-0.4, -0.2) is 26.2 Å². The monoisotopic (exact) mass is 376 g/mol. The summed E-state index contributed by atoms with van der Waals surface area (Å²) in [5.41, 5.74) is 0.0972. The minimum atomic E-state index is -1.18.